The van der Waals surface area contributed by atoms with Gasteiger partial charge in [0.1, 0.15) is 6.17 Å². The van der Waals surface area contributed by atoms with Crippen molar-refractivity contribution in [3.63, 3.8) is 0 Å². The van der Waals surface area contributed by atoms with Crippen LogP contribution in [0.2, 0.25) is 0 Å². The maximum Gasteiger partial charge on any atom is 0.241 e. The molecule has 1 aliphatic heterocycles. The van der Waals surface area contributed by atoms with Crippen molar-refractivity contribution in [2.75, 3.05) is 0 Å². The van der Waals surface area contributed by atoms with Crippen LogP contribution in [0.25, 0.3) is 0 Å². The number of rotatable bonds is 4. The van der Waals surface area contributed by atoms with Gasteiger partial charge in [-0.1, -0.05) is 26.8 Å². The Balaban J connectivity index is 2.31. The third-order valence-corrected chi connectivity index (χ3v) is 4.59. The minimum absolute atomic E-state index is 0.0554. The van der Waals surface area contributed by atoms with Crippen molar-refractivity contribution in [3.8, 4) is 0 Å². The van der Waals surface area contributed by atoms with Crippen LogP contribution < -0.4 is 5.32 Å². The van der Waals surface area contributed by atoms with Crippen LogP contribution in [0.15, 0.2) is 17.5 Å². The average Bonchev–Trinajstić information content (AvgIpc) is 2.92. The van der Waals surface area contributed by atoms with Crippen molar-refractivity contribution < 1.29 is 4.79 Å². The lowest BCUT2D eigenvalue weighted by Gasteiger charge is -2.34. The molecule has 1 N–H and O–H groups in total. The standard InChI is InChI=1S/C14H22N2OS/c1-5-11(9(2)3)16-13(12-7-6-8-18-12)15-10(4)14(16)17/h6-11,13,15H,5H2,1-4H3. The molecule has 0 bridgehead atoms. The molecule has 1 aliphatic rings. The first kappa shape index (κ1) is 13.6. The van der Waals surface area contributed by atoms with E-state index in [-0.39, 0.29) is 18.1 Å². The summed E-state index contributed by atoms with van der Waals surface area (Å²) in [5.74, 6) is 0.711. The molecule has 1 amide bonds. The Morgan fingerprint density at radius 2 is 2.22 bits per heavy atom. The first-order valence-electron chi connectivity index (χ1n) is 6.67. The Labute approximate surface area is 113 Å². The smallest absolute Gasteiger partial charge is 0.241 e. The second kappa shape index (κ2) is 5.41. The Morgan fingerprint density at radius 3 is 2.72 bits per heavy atom. The summed E-state index contributed by atoms with van der Waals surface area (Å²) < 4.78 is 0. The van der Waals surface area contributed by atoms with E-state index in [1.807, 2.05) is 13.0 Å². The molecule has 0 spiro atoms. The minimum atomic E-state index is -0.0788. The van der Waals surface area contributed by atoms with Crippen molar-refractivity contribution in [2.45, 2.75) is 52.4 Å². The summed E-state index contributed by atoms with van der Waals surface area (Å²) in [4.78, 5) is 15.7. The van der Waals surface area contributed by atoms with E-state index in [2.05, 4.69) is 42.4 Å². The van der Waals surface area contributed by atoms with Gasteiger partial charge in [-0.2, -0.15) is 0 Å². The summed E-state index contributed by atoms with van der Waals surface area (Å²) >= 11 is 1.71. The highest BCUT2D eigenvalue weighted by atomic mass is 32.1. The summed E-state index contributed by atoms with van der Waals surface area (Å²) in [5.41, 5.74) is 0. The fraction of sp³-hybridized carbons (Fsp3) is 0.643. The van der Waals surface area contributed by atoms with Crippen molar-refractivity contribution >= 4 is 17.2 Å². The number of thiophene rings is 1. The molecule has 0 aliphatic carbocycles. The molecular weight excluding hydrogens is 244 g/mol. The number of hydrogen-bond acceptors (Lipinski definition) is 3. The third kappa shape index (κ3) is 2.31. The second-order valence-corrected chi connectivity index (χ2v) is 6.25. The molecule has 1 aromatic rings. The van der Waals surface area contributed by atoms with Gasteiger partial charge >= 0.3 is 0 Å². The molecule has 1 fully saturated rings. The molecular formula is C14H22N2OS. The number of nitrogens with zero attached hydrogens (tertiary/aromatic N) is 1. The Hall–Kier alpha value is -0.870. The van der Waals surface area contributed by atoms with E-state index in [4.69, 9.17) is 0 Å². The van der Waals surface area contributed by atoms with Crippen LogP contribution in [-0.2, 0) is 4.79 Å². The second-order valence-electron chi connectivity index (χ2n) is 5.27. The molecule has 3 atom stereocenters. The van der Waals surface area contributed by atoms with Gasteiger partial charge in [0.05, 0.1) is 6.04 Å². The van der Waals surface area contributed by atoms with Crippen molar-refractivity contribution in [1.29, 1.82) is 0 Å². The van der Waals surface area contributed by atoms with Crippen LogP contribution in [0.1, 0.15) is 45.2 Å². The summed E-state index contributed by atoms with van der Waals surface area (Å²) in [6.07, 6.45) is 1.06. The van der Waals surface area contributed by atoms with Gasteiger partial charge in [-0.05, 0) is 30.7 Å². The first-order chi connectivity index (χ1) is 8.56. The predicted octanol–water partition coefficient (Wildman–Crippen LogP) is 3.00. The van der Waals surface area contributed by atoms with E-state index in [9.17, 15) is 4.79 Å². The van der Waals surface area contributed by atoms with E-state index in [1.165, 1.54) is 4.88 Å². The van der Waals surface area contributed by atoms with Crippen molar-refractivity contribution in [1.82, 2.24) is 10.2 Å². The lowest BCUT2D eigenvalue weighted by Crippen LogP contribution is -2.42. The number of amides is 1. The highest BCUT2D eigenvalue weighted by molar-refractivity contribution is 7.10. The number of hydrogen-bond donors (Lipinski definition) is 1. The molecule has 3 unspecified atom stereocenters. The Kier molecular flexibility index (Phi) is 4.07. The maximum absolute atomic E-state index is 12.4. The van der Waals surface area contributed by atoms with E-state index in [0.717, 1.165) is 6.42 Å². The fourth-order valence-electron chi connectivity index (χ4n) is 2.75. The van der Waals surface area contributed by atoms with Gasteiger partial charge in [-0.15, -0.1) is 11.3 Å². The molecule has 1 saturated heterocycles. The van der Waals surface area contributed by atoms with Crippen LogP contribution in [-0.4, -0.2) is 22.9 Å². The number of carbonyl (C=O) groups excluding carboxylic acids is 1. The quantitative estimate of drug-likeness (QED) is 0.908. The molecule has 3 nitrogen and oxygen atoms in total. The zero-order chi connectivity index (χ0) is 13.3. The molecule has 2 heterocycles. The number of nitrogens with one attached hydrogen (secondary N) is 1. The SMILES string of the molecule is CCC(C(C)C)N1C(=O)C(C)NC1c1cccs1. The molecule has 1 aromatic heterocycles. The molecule has 2 rings (SSSR count). The minimum Gasteiger partial charge on any atom is -0.318 e. The zero-order valence-corrected chi connectivity index (χ0v) is 12.3. The summed E-state index contributed by atoms with van der Waals surface area (Å²) in [5, 5.41) is 5.48. The first-order valence-corrected chi connectivity index (χ1v) is 7.55. The van der Waals surface area contributed by atoms with E-state index in [1.54, 1.807) is 11.3 Å². The molecule has 4 heteroatoms. The lowest BCUT2D eigenvalue weighted by molar-refractivity contribution is -0.133. The van der Waals surface area contributed by atoms with E-state index < -0.39 is 0 Å². The van der Waals surface area contributed by atoms with Gasteiger partial charge in [0.15, 0.2) is 0 Å². The van der Waals surface area contributed by atoms with Gasteiger partial charge < -0.3 is 4.90 Å². The molecule has 0 radical (unpaired) electrons. The van der Waals surface area contributed by atoms with Gasteiger partial charge in [0, 0.05) is 10.9 Å². The van der Waals surface area contributed by atoms with Crippen molar-refractivity contribution in [3.05, 3.63) is 22.4 Å². The molecule has 100 valence electrons. The van der Waals surface area contributed by atoms with Crippen LogP contribution in [0.5, 0.6) is 0 Å². The van der Waals surface area contributed by atoms with Gasteiger partial charge in [-0.25, -0.2) is 0 Å². The maximum atomic E-state index is 12.4. The van der Waals surface area contributed by atoms with Crippen molar-refractivity contribution in [2.24, 2.45) is 5.92 Å². The molecule has 0 saturated carbocycles. The van der Waals surface area contributed by atoms with Crippen LogP contribution >= 0.6 is 11.3 Å². The summed E-state index contributed by atoms with van der Waals surface area (Å²) in [6, 6.07) is 4.38. The van der Waals surface area contributed by atoms with Gasteiger partial charge in [0.25, 0.3) is 0 Å². The highest BCUT2D eigenvalue weighted by Gasteiger charge is 2.41. The third-order valence-electron chi connectivity index (χ3n) is 3.67. The normalized spacial score (nSPS) is 26.1. The summed E-state index contributed by atoms with van der Waals surface area (Å²) in [6.45, 7) is 8.49. The zero-order valence-electron chi connectivity index (χ0n) is 11.5. The van der Waals surface area contributed by atoms with E-state index >= 15 is 0 Å². The highest BCUT2D eigenvalue weighted by Crippen LogP contribution is 2.33. The Bertz CT molecular complexity index is 402. The summed E-state index contributed by atoms with van der Waals surface area (Å²) in [7, 11) is 0. The Morgan fingerprint density at radius 1 is 1.50 bits per heavy atom. The largest absolute Gasteiger partial charge is 0.318 e. The molecule has 0 aromatic carbocycles. The van der Waals surface area contributed by atoms with Crippen LogP contribution in [0, 0.1) is 5.92 Å². The van der Waals surface area contributed by atoms with Crippen LogP contribution in [0.3, 0.4) is 0 Å². The monoisotopic (exact) mass is 266 g/mol. The topological polar surface area (TPSA) is 32.3 Å². The average molecular weight is 266 g/mol. The fourth-order valence-corrected chi connectivity index (χ4v) is 3.53. The lowest BCUT2D eigenvalue weighted by atomic mass is 9.99. The molecule has 18 heavy (non-hydrogen) atoms. The van der Waals surface area contributed by atoms with Gasteiger partial charge in [0.2, 0.25) is 5.91 Å². The predicted molar refractivity (Wildman–Crippen MR) is 75.4 cm³/mol. The van der Waals surface area contributed by atoms with Gasteiger partial charge in [-0.3, -0.25) is 10.1 Å². The number of carbonyl (C=O) groups is 1. The van der Waals surface area contributed by atoms with E-state index in [0.29, 0.717) is 12.0 Å². The van der Waals surface area contributed by atoms with Crippen LogP contribution in [0.4, 0.5) is 0 Å².